The summed E-state index contributed by atoms with van der Waals surface area (Å²) >= 11 is 0. The van der Waals surface area contributed by atoms with Gasteiger partial charge >= 0.3 is 0 Å². The molecule has 17 heavy (non-hydrogen) atoms. The van der Waals surface area contributed by atoms with Gasteiger partial charge in [-0.05, 0) is 25.2 Å². The van der Waals surface area contributed by atoms with Crippen LogP contribution in [0.5, 0.6) is 0 Å². The average molecular weight is 238 g/mol. The lowest BCUT2D eigenvalue weighted by Crippen LogP contribution is -2.28. The van der Waals surface area contributed by atoms with Crippen molar-refractivity contribution in [3.63, 3.8) is 0 Å². The maximum absolute atomic E-state index is 11.6. The van der Waals surface area contributed by atoms with E-state index in [9.17, 15) is 4.79 Å². The van der Waals surface area contributed by atoms with E-state index in [0.717, 1.165) is 26.1 Å². The van der Waals surface area contributed by atoms with Crippen molar-refractivity contribution in [2.24, 2.45) is 5.92 Å². The van der Waals surface area contributed by atoms with Crippen LogP contribution >= 0.6 is 0 Å². The molecule has 6 heteroatoms. The largest absolute Gasteiger partial charge is 0.382 e. The second-order valence-electron chi connectivity index (χ2n) is 4.33. The fourth-order valence-electron chi connectivity index (χ4n) is 1.97. The van der Waals surface area contributed by atoms with Gasteiger partial charge in [-0.2, -0.15) is 5.10 Å². The standard InChI is InChI=1S/C11H18N4O2/c12-10-6-9(14-15-10)11(16)13-4-3-8-2-1-5-17-7-8/h6,8H,1-5,7H2,(H,13,16)(H3,12,14,15). The Morgan fingerprint density at radius 3 is 3.24 bits per heavy atom. The summed E-state index contributed by atoms with van der Waals surface area (Å²) in [6.07, 6.45) is 3.26. The number of aromatic nitrogens is 2. The van der Waals surface area contributed by atoms with Crippen LogP contribution in [0.25, 0.3) is 0 Å². The number of nitrogens with one attached hydrogen (secondary N) is 2. The van der Waals surface area contributed by atoms with Gasteiger partial charge in [-0.15, -0.1) is 0 Å². The number of H-pyrrole nitrogens is 1. The highest BCUT2D eigenvalue weighted by Gasteiger charge is 2.14. The third kappa shape index (κ3) is 3.45. The van der Waals surface area contributed by atoms with Gasteiger partial charge in [-0.25, -0.2) is 0 Å². The van der Waals surface area contributed by atoms with E-state index in [-0.39, 0.29) is 5.91 Å². The van der Waals surface area contributed by atoms with Crippen molar-refractivity contribution in [1.29, 1.82) is 0 Å². The summed E-state index contributed by atoms with van der Waals surface area (Å²) in [6.45, 7) is 2.34. The Bertz CT molecular complexity index is 371. The molecular formula is C11H18N4O2. The Balaban J connectivity index is 1.69. The Kier molecular flexibility index (Phi) is 3.98. The third-order valence-electron chi connectivity index (χ3n) is 2.94. The minimum absolute atomic E-state index is 0.161. The van der Waals surface area contributed by atoms with Crippen molar-refractivity contribution in [2.75, 3.05) is 25.5 Å². The van der Waals surface area contributed by atoms with Crippen molar-refractivity contribution in [3.05, 3.63) is 11.8 Å². The fourth-order valence-corrected chi connectivity index (χ4v) is 1.97. The van der Waals surface area contributed by atoms with E-state index in [4.69, 9.17) is 10.5 Å². The first-order valence-electron chi connectivity index (χ1n) is 5.92. The maximum Gasteiger partial charge on any atom is 0.269 e. The van der Waals surface area contributed by atoms with E-state index in [0.29, 0.717) is 24.0 Å². The van der Waals surface area contributed by atoms with Crippen LogP contribution in [0.1, 0.15) is 29.8 Å². The number of carbonyl (C=O) groups is 1. The number of nitrogen functional groups attached to an aromatic ring is 1. The molecule has 0 aromatic carbocycles. The molecule has 1 unspecified atom stereocenters. The highest BCUT2D eigenvalue weighted by molar-refractivity contribution is 5.92. The van der Waals surface area contributed by atoms with Crippen molar-refractivity contribution >= 4 is 11.7 Å². The van der Waals surface area contributed by atoms with Gasteiger partial charge in [0.1, 0.15) is 11.5 Å². The zero-order chi connectivity index (χ0) is 12.1. The summed E-state index contributed by atoms with van der Waals surface area (Å²) in [5.41, 5.74) is 5.83. The number of nitrogens with two attached hydrogens (primary N) is 1. The number of nitrogens with zero attached hydrogens (tertiary/aromatic N) is 1. The minimum Gasteiger partial charge on any atom is -0.382 e. The van der Waals surface area contributed by atoms with Gasteiger partial charge in [0.2, 0.25) is 0 Å². The molecule has 0 bridgehead atoms. The monoisotopic (exact) mass is 238 g/mol. The number of aromatic amines is 1. The Morgan fingerprint density at radius 1 is 1.71 bits per heavy atom. The summed E-state index contributed by atoms with van der Waals surface area (Å²) in [6, 6.07) is 1.53. The summed E-state index contributed by atoms with van der Waals surface area (Å²) in [5, 5.41) is 9.13. The number of amides is 1. The smallest absolute Gasteiger partial charge is 0.269 e. The minimum atomic E-state index is -0.161. The van der Waals surface area contributed by atoms with Gasteiger partial charge in [0, 0.05) is 25.8 Å². The first-order chi connectivity index (χ1) is 8.25. The predicted octanol–water partition coefficient (Wildman–Crippen LogP) is 0.538. The van der Waals surface area contributed by atoms with Crippen LogP contribution in [0.15, 0.2) is 6.07 Å². The molecule has 94 valence electrons. The second-order valence-corrected chi connectivity index (χ2v) is 4.33. The molecule has 2 rings (SSSR count). The SMILES string of the molecule is Nc1cc(C(=O)NCCC2CCCOC2)[nH]n1. The van der Waals surface area contributed by atoms with Crippen molar-refractivity contribution < 1.29 is 9.53 Å². The van der Waals surface area contributed by atoms with Crippen LogP contribution < -0.4 is 11.1 Å². The van der Waals surface area contributed by atoms with Crippen LogP contribution in [0.4, 0.5) is 5.82 Å². The van der Waals surface area contributed by atoms with Crippen molar-refractivity contribution in [2.45, 2.75) is 19.3 Å². The van der Waals surface area contributed by atoms with E-state index in [1.807, 2.05) is 0 Å². The van der Waals surface area contributed by atoms with E-state index in [2.05, 4.69) is 15.5 Å². The van der Waals surface area contributed by atoms with Gasteiger partial charge in [0.15, 0.2) is 0 Å². The zero-order valence-electron chi connectivity index (χ0n) is 9.74. The number of rotatable bonds is 4. The molecule has 1 aliphatic heterocycles. The van der Waals surface area contributed by atoms with E-state index in [1.54, 1.807) is 0 Å². The molecule has 0 saturated carbocycles. The molecule has 6 nitrogen and oxygen atoms in total. The quantitative estimate of drug-likeness (QED) is 0.713. The first kappa shape index (κ1) is 11.9. The van der Waals surface area contributed by atoms with Crippen molar-refractivity contribution in [1.82, 2.24) is 15.5 Å². The number of hydrogen-bond acceptors (Lipinski definition) is 4. The number of hydrogen-bond donors (Lipinski definition) is 3. The first-order valence-corrected chi connectivity index (χ1v) is 5.92. The van der Waals surface area contributed by atoms with Gasteiger partial charge < -0.3 is 15.8 Å². The molecule has 2 heterocycles. The second kappa shape index (κ2) is 5.67. The fraction of sp³-hybridized carbons (Fsp3) is 0.636. The van der Waals surface area contributed by atoms with Crippen LogP contribution in [0.2, 0.25) is 0 Å². The lowest BCUT2D eigenvalue weighted by molar-refractivity contribution is 0.0514. The Morgan fingerprint density at radius 2 is 2.59 bits per heavy atom. The molecule has 1 aliphatic rings. The van der Waals surface area contributed by atoms with Gasteiger partial charge in [0.05, 0.1) is 0 Å². The highest BCUT2D eigenvalue weighted by atomic mass is 16.5. The topological polar surface area (TPSA) is 93.0 Å². The lowest BCUT2D eigenvalue weighted by atomic mass is 9.99. The Hall–Kier alpha value is -1.56. The predicted molar refractivity (Wildman–Crippen MR) is 63.5 cm³/mol. The molecular weight excluding hydrogens is 220 g/mol. The molecule has 0 spiro atoms. The summed E-state index contributed by atoms with van der Waals surface area (Å²) in [7, 11) is 0. The molecule has 1 fully saturated rings. The van der Waals surface area contributed by atoms with Crippen LogP contribution in [-0.4, -0.2) is 35.9 Å². The van der Waals surface area contributed by atoms with Gasteiger partial charge in [-0.3, -0.25) is 9.89 Å². The van der Waals surface area contributed by atoms with Crippen LogP contribution in [-0.2, 0) is 4.74 Å². The Labute approximate surface area is 99.9 Å². The number of anilines is 1. The average Bonchev–Trinajstić information content (AvgIpc) is 2.77. The lowest BCUT2D eigenvalue weighted by Gasteiger charge is -2.21. The normalized spacial score (nSPS) is 20.1. The van der Waals surface area contributed by atoms with E-state index >= 15 is 0 Å². The number of ether oxygens (including phenoxy) is 1. The molecule has 1 aromatic heterocycles. The summed E-state index contributed by atoms with van der Waals surface area (Å²) in [5.74, 6) is 0.734. The van der Waals surface area contributed by atoms with E-state index in [1.165, 1.54) is 12.5 Å². The van der Waals surface area contributed by atoms with Gasteiger partial charge in [-0.1, -0.05) is 0 Å². The molecule has 0 aliphatic carbocycles. The molecule has 1 atom stereocenters. The molecule has 1 saturated heterocycles. The third-order valence-corrected chi connectivity index (χ3v) is 2.94. The zero-order valence-corrected chi connectivity index (χ0v) is 9.74. The van der Waals surface area contributed by atoms with Gasteiger partial charge in [0.25, 0.3) is 5.91 Å². The molecule has 4 N–H and O–H groups in total. The summed E-state index contributed by atoms with van der Waals surface area (Å²) < 4.78 is 5.38. The summed E-state index contributed by atoms with van der Waals surface area (Å²) in [4.78, 5) is 11.6. The van der Waals surface area contributed by atoms with E-state index < -0.39 is 0 Å². The van der Waals surface area contributed by atoms with Crippen molar-refractivity contribution in [3.8, 4) is 0 Å². The maximum atomic E-state index is 11.6. The molecule has 1 aromatic rings. The van der Waals surface area contributed by atoms with Crippen LogP contribution in [0.3, 0.4) is 0 Å². The number of carbonyl (C=O) groups excluding carboxylic acids is 1. The molecule has 0 radical (unpaired) electrons. The van der Waals surface area contributed by atoms with Crippen LogP contribution in [0, 0.1) is 5.92 Å². The highest BCUT2D eigenvalue weighted by Crippen LogP contribution is 2.16. The molecule has 1 amide bonds.